The maximum atomic E-state index is 6.88. The van der Waals surface area contributed by atoms with E-state index in [1.807, 2.05) is 6.07 Å². The predicted molar refractivity (Wildman–Crippen MR) is 223 cm³/mol. The molecule has 0 saturated carbocycles. The molecule has 275 valence electrons. The number of benzene rings is 5. The maximum Gasteiger partial charge on any atom is 0.309 e. The minimum absolute atomic E-state index is 0. The first-order valence-corrected chi connectivity index (χ1v) is 19.8. The summed E-state index contributed by atoms with van der Waals surface area (Å²) in [6.07, 6.45) is 4.26. The van der Waals surface area contributed by atoms with Gasteiger partial charge in [0.15, 0.2) is 17.0 Å². The van der Waals surface area contributed by atoms with Gasteiger partial charge in [-0.3, -0.25) is 0 Å². The van der Waals surface area contributed by atoms with Crippen LogP contribution in [0, 0.1) is 0 Å². The molecule has 9 nitrogen and oxygen atoms in total. The fourth-order valence-electron chi connectivity index (χ4n) is 8.37. The number of hydrogen-bond donors (Lipinski definition) is 1. The molecule has 56 heavy (non-hydrogen) atoms. The number of aryl methyl sites for hydroxylation is 2. The molecule has 11 heteroatoms. The molecule has 2 aliphatic heterocycles. The number of pyridine rings is 1. The Balaban J connectivity index is 0.00000384. The van der Waals surface area contributed by atoms with Crippen LogP contribution in [0.5, 0.6) is 0 Å². The smallest absolute Gasteiger partial charge is 0.309 e. The van der Waals surface area contributed by atoms with Gasteiger partial charge in [-0.15, -0.1) is 6.07 Å². The van der Waals surface area contributed by atoms with Gasteiger partial charge in [-0.1, -0.05) is 95.9 Å². The third-order valence-electron chi connectivity index (χ3n) is 10.8. The van der Waals surface area contributed by atoms with Crippen molar-refractivity contribution in [1.82, 2.24) is 14.5 Å². The van der Waals surface area contributed by atoms with Crippen LogP contribution in [0.15, 0.2) is 156 Å². The average Bonchev–Trinajstić information content (AvgIpc) is 3.93. The summed E-state index contributed by atoms with van der Waals surface area (Å²) >= 11 is 0. The van der Waals surface area contributed by atoms with Crippen LogP contribution in [-0.2, 0) is 34.5 Å². The molecule has 9 aromatic rings. The predicted octanol–water partition coefficient (Wildman–Crippen LogP) is 8.47. The van der Waals surface area contributed by atoms with Crippen molar-refractivity contribution >= 4 is 93.1 Å². The summed E-state index contributed by atoms with van der Waals surface area (Å²) in [6, 6.07) is 49.6. The van der Waals surface area contributed by atoms with Crippen LogP contribution in [0.1, 0.15) is 0 Å². The quantitative estimate of drug-likeness (QED) is 0.106. The second kappa shape index (κ2) is 13.1. The normalized spacial score (nSPS) is 13.0. The molecule has 11 rings (SSSR count). The second-order valence-electron chi connectivity index (χ2n) is 14.1. The van der Waals surface area contributed by atoms with Crippen molar-refractivity contribution in [2.24, 2.45) is 14.1 Å². The molecule has 6 heterocycles. The molecule has 0 amide bonds. The first kappa shape index (κ1) is 34.1. The number of anilines is 9. The van der Waals surface area contributed by atoms with Gasteiger partial charge in [0.1, 0.15) is 5.52 Å². The number of fused-ring (bicyclic) bond motifs is 7. The Morgan fingerprint density at radius 2 is 1.38 bits per heavy atom. The summed E-state index contributed by atoms with van der Waals surface area (Å²) in [5, 5.41) is 7.45. The van der Waals surface area contributed by atoms with Crippen molar-refractivity contribution in [3.63, 3.8) is 0 Å². The van der Waals surface area contributed by atoms with E-state index < -0.39 is 8.96 Å². The molecule has 0 fully saturated rings. The standard InChI is InChI=1S/C45H35N8OSi.Pd/c1-49-27-26-31-32(28-50(2)44(31)49)33-22-24-39-43(47-33)52(38-21-13-12-20-37(38)51(39)3)45-48-41-40(54-45)25-23-35-42(41)53(36-19-11-10-18-34(36)46-35)55(29-14-6-4-7-15-29)30-16-8-5-9-17-30;/h4-28,46H,1-3H3;. The van der Waals surface area contributed by atoms with E-state index in [2.05, 4.69) is 196 Å². The van der Waals surface area contributed by atoms with Crippen LogP contribution in [0.2, 0.25) is 0 Å². The topological polar surface area (TPSA) is 69.5 Å². The Bertz CT molecular complexity index is 2900. The number of hydrogen-bond acceptors (Lipinski definition) is 7. The van der Waals surface area contributed by atoms with Crippen molar-refractivity contribution in [2.75, 3.05) is 26.7 Å². The van der Waals surface area contributed by atoms with E-state index in [0.717, 1.165) is 73.4 Å². The van der Waals surface area contributed by atoms with Crippen LogP contribution in [0.4, 0.5) is 51.6 Å². The van der Waals surface area contributed by atoms with E-state index in [0.29, 0.717) is 11.6 Å². The first-order valence-electron chi connectivity index (χ1n) is 18.4. The van der Waals surface area contributed by atoms with E-state index in [-0.39, 0.29) is 20.4 Å². The average molecular weight is 838 g/mol. The largest absolute Gasteiger partial charge is 0.423 e. The fraction of sp³-hybridized carbons (Fsp3) is 0.0667. The first-order chi connectivity index (χ1) is 27.0. The van der Waals surface area contributed by atoms with E-state index >= 15 is 0 Å². The van der Waals surface area contributed by atoms with Crippen LogP contribution in [-0.4, -0.2) is 30.5 Å². The second-order valence-corrected chi connectivity index (χ2v) is 16.4. The van der Waals surface area contributed by atoms with Gasteiger partial charge in [0.05, 0.1) is 53.9 Å². The summed E-state index contributed by atoms with van der Waals surface area (Å²) in [5.74, 6) is 0.755. The van der Waals surface area contributed by atoms with Crippen LogP contribution < -0.4 is 34.6 Å². The minimum Gasteiger partial charge on any atom is -0.423 e. The number of aromatic nitrogens is 4. The number of para-hydroxylation sites is 4. The zero-order chi connectivity index (χ0) is 36.8. The molecule has 0 saturated heterocycles. The molecule has 5 aromatic carbocycles. The molecule has 0 spiro atoms. The number of oxazole rings is 1. The molecule has 1 radical (unpaired) electrons. The maximum absolute atomic E-state index is 6.88. The van der Waals surface area contributed by atoms with Crippen LogP contribution >= 0.6 is 0 Å². The Hall–Kier alpha value is -6.38. The van der Waals surface area contributed by atoms with Gasteiger partial charge in [-0.05, 0) is 58.9 Å². The summed E-state index contributed by atoms with van der Waals surface area (Å²) in [6.45, 7) is 0. The van der Waals surface area contributed by atoms with Crippen LogP contribution in [0.3, 0.4) is 0 Å². The molecule has 0 unspecified atom stereocenters. The zero-order valence-corrected chi connectivity index (χ0v) is 33.3. The van der Waals surface area contributed by atoms with Crippen molar-refractivity contribution in [3.05, 3.63) is 152 Å². The molecule has 0 aliphatic carbocycles. The summed E-state index contributed by atoms with van der Waals surface area (Å²) in [7, 11) is 4.64. The van der Waals surface area contributed by atoms with E-state index in [4.69, 9.17) is 14.4 Å². The van der Waals surface area contributed by atoms with Crippen molar-refractivity contribution in [1.29, 1.82) is 0 Å². The van der Waals surface area contributed by atoms with Gasteiger partial charge in [-0.2, -0.15) is 4.98 Å². The molecule has 1 N–H and O–H groups in total. The Labute approximate surface area is 339 Å². The molecule has 4 aromatic heterocycles. The van der Waals surface area contributed by atoms with Crippen molar-refractivity contribution in [2.45, 2.75) is 0 Å². The summed E-state index contributed by atoms with van der Waals surface area (Å²) in [4.78, 5) is 15.2. The Morgan fingerprint density at radius 1 is 0.696 bits per heavy atom. The summed E-state index contributed by atoms with van der Waals surface area (Å²) < 4.78 is 13.7. The molecule has 0 atom stereocenters. The number of nitrogens with zero attached hydrogens (tertiary/aromatic N) is 7. The monoisotopic (exact) mass is 837 g/mol. The van der Waals surface area contributed by atoms with Gasteiger partial charge in [0, 0.05) is 45.6 Å². The van der Waals surface area contributed by atoms with E-state index in [1.165, 1.54) is 10.4 Å². The Morgan fingerprint density at radius 3 is 2.12 bits per heavy atom. The fourth-order valence-corrected chi connectivity index (χ4v) is 11.1. The van der Waals surface area contributed by atoms with Gasteiger partial charge >= 0.3 is 6.01 Å². The molecule has 0 bridgehead atoms. The van der Waals surface area contributed by atoms with Gasteiger partial charge in [0.25, 0.3) is 0 Å². The molecular weight excluding hydrogens is 803 g/mol. The van der Waals surface area contributed by atoms with Gasteiger partial charge in [0.2, 0.25) is 8.96 Å². The molecular formula is C45H35N8OPdSi. The van der Waals surface area contributed by atoms with Crippen molar-refractivity contribution < 1.29 is 29.4 Å². The molecule has 2 aliphatic rings. The van der Waals surface area contributed by atoms with Gasteiger partial charge in [-0.25, -0.2) is 9.88 Å². The Kier molecular flexibility index (Phi) is 8.01. The van der Waals surface area contributed by atoms with E-state index in [1.54, 1.807) is 0 Å². The SMILES string of the molecule is CN1c2ccccc2N(c2nc3c4c(ccc3o2)Nc2ccccc2N4[Si](c2ccccc2)c2ccccc2)c2nc(-c3cn(C)c4c3[cH-]c[n+]4C)ccc21.[Pd]. The van der Waals surface area contributed by atoms with Gasteiger partial charge < -0.3 is 28.3 Å². The minimum atomic E-state index is -1.61. The third-order valence-corrected chi connectivity index (χ3v) is 13.5. The summed E-state index contributed by atoms with van der Waals surface area (Å²) in [5.41, 5.74) is 11.7. The van der Waals surface area contributed by atoms with E-state index in [9.17, 15) is 0 Å². The number of rotatable bonds is 5. The van der Waals surface area contributed by atoms with Crippen molar-refractivity contribution in [3.8, 4) is 11.3 Å². The zero-order valence-electron chi connectivity index (χ0n) is 30.8. The number of nitrogens with one attached hydrogen (secondary N) is 1. The van der Waals surface area contributed by atoms with Crippen LogP contribution in [0.25, 0.3) is 33.4 Å². The third kappa shape index (κ3) is 5.09.